The summed E-state index contributed by atoms with van der Waals surface area (Å²) in [7, 11) is 0. The van der Waals surface area contributed by atoms with Gasteiger partial charge in [-0.1, -0.05) is 0 Å². The number of carbonyl (C=O) groups is 1. The van der Waals surface area contributed by atoms with Gasteiger partial charge in [0.15, 0.2) is 0 Å². The average molecular weight is 252 g/mol. The fourth-order valence-electron chi connectivity index (χ4n) is 1.71. The molecule has 0 atom stereocenters. The maximum Gasteiger partial charge on any atom is 0.251 e. The zero-order valence-corrected chi connectivity index (χ0v) is 10.4. The van der Waals surface area contributed by atoms with Crippen LogP contribution in [-0.2, 0) is 4.79 Å². The van der Waals surface area contributed by atoms with Gasteiger partial charge < -0.3 is 10.6 Å². The van der Waals surface area contributed by atoms with Crippen LogP contribution in [0.2, 0.25) is 0 Å². The van der Waals surface area contributed by atoms with E-state index >= 15 is 0 Å². The molecule has 0 radical (unpaired) electrons. The SMILES string of the molecule is CC(C(=O)Nc1ccc(C#N)c(C#N)c1)=C1CNC1. The van der Waals surface area contributed by atoms with E-state index in [1.807, 2.05) is 12.1 Å². The molecular formula is C14H12N4O. The molecule has 5 heteroatoms. The van der Waals surface area contributed by atoms with Gasteiger partial charge in [0.05, 0.1) is 11.1 Å². The van der Waals surface area contributed by atoms with E-state index in [2.05, 4.69) is 10.6 Å². The van der Waals surface area contributed by atoms with E-state index in [0.717, 1.165) is 18.7 Å². The predicted octanol–water partition coefficient (Wildman–Crippen LogP) is 1.29. The molecule has 94 valence electrons. The Kier molecular flexibility index (Phi) is 3.61. The largest absolute Gasteiger partial charge is 0.322 e. The fourth-order valence-corrected chi connectivity index (χ4v) is 1.71. The van der Waals surface area contributed by atoms with E-state index in [1.54, 1.807) is 13.0 Å². The van der Waals surface area contributed by atoms with Gasteiger partial charge >= 0.3 is 0 Å². The van der Waals surface area contributed by atoms with Crippen molar-refractivity contribution in [3.8, 4) is 12.1 Å². The molecule has 2 N–H and O–H groups in total. The van der Waals surface area contributed by atoms with Crippen LogP contribution >= 0.6 is 0 Å². The van der Waals surface area contributed by atoms with Crippen LogP contribution in [0.5, 0.6) is 0 Å². The van der Waals surface area contributed by atoms with E-state index in [4.69, 9.17) is 10.5 Å². The first kappa shape index (κ1) is 12.8. The molecule has 1 saturated heterocycles. The third-order valence-corrected chi connectivity index (χ3v) is 3.07. The lowest BCUT2D eigenvalue weighted by Gasteiger charge is -2.21. The fraction of sp³-hybridized carbons (Fsp3) is 0.214. The first-order valence-corrected chi connectivity index (χ1v) is 5.80. The van der Waals surface area contributed by atoms with Crippen molar-refractivity contribution in [3.05, 3.63) is 40.5 Å². The zero-order valence-electron chi connectivity index (χ0n) is 10.4. The van der Waals surface area contributed by atoms with Crippen molar-refractivity contribution in [2.45, 2.75) is 6.92 Å². The van der Waals surface area contributed by atoms with Crippen molar-refractivity contribution >= 4 is 11.6 Å². The second-order valence-electron chi connectivity index (χ2n) is 4.27. The second kappa shape index (κ2) is 5.34. The van der Waals surface area contributed by atoms with Gasteiger partial charge in [-0.3, -0.25) is 4.79 Å². The summed E-state index contributed by atoms with van der Waals surface area (Å²) < 4.78 is 0. The summed E-state index contributed by atoms with van der Waals surface area (Å²) in [6.07, 6.45) is 0. The quantitative estimate of drug-likeness (QED) is 0.776. The molecule has 0 bridgehead atoms. The Balaban J connectivity index is 2.19. The molecule has 0 spiro atoms. The second-order valence-corrected chi connectivity index (χ2v) is 4.27. The Labute approximate surface area is 111 Å². The number of anilines is 1. The van der Waals surface area contributed by atoms with Gasteiger partial charge in [-0.05, 0) is 30.7 Å². The minimum Gasteiger partial charge on any atom is -0.322 e. The Morgan fingerprint density at radius 1 is 1.26 bits per heavy atom. The Morgan fingerprint density at radius 3 is 2.47 bits per heavy atom. The van der Waals surface area contributed by atoms with Crippen molar-refractivity contribution in [1.82, 2.24) is 5.32 Å². The van der Waals surface area contributed by atoms with E-state index in [1.165, 1.54) is 12.1 Å². The van der Waals surface area contributed by atoms with E-state index in [-0.39, 0.29) is 11.5 Å². The topological polar surface area (TPSA) is 88.7 Å². The van der Waals surface area contributed by atoms with Crippen molar-refractivity contribution < 1.29 is 4.79 Å². The highest BCUT2D eigenvalue weighted by Gasteiger charge is 2.16. The smallest absolute Gasteiger partial charge is 0.251 e. The van der Waals surface area contributed by atoms with Gasteiger partial charge in [0.25, 0.3) is 5.91 Å². The van der Waals surface area contributed by atoms with Gasteiger partial charge in [0.1, 0.15) is 12.1 Å². The van der Waals surface area contributed by atoms with Gasteiger partial charge in [-0.25, -0.2) is 0 Å². The number of amides is 1. The lowest BCUT2D eigenvalue weighted by atomic mass is 10.0. The van der Waals surface area contributed by atoms with Gasteiger partial charge in [0, 0.05) is 24.4 Å². The molecule has 1 aromatic carbocycles. The Bertz CT molecular complexity index is 640. The first-order chi connectivity index (χ1) is 9.15. The summed E-state index contributed by atoms with van der Waals surface area (Å²) in [6, 6.07) is 8.53. The normalized spacial score (nSPS) is 12.9. The summed E-state index contributed by atoms with van der Waals surface area (Å²) >= 11 is 0. The molecule has 1 amide bonds. The molecule has 0 unspecified atom stereocenters. The first-order valence-electron chi connectivity index (χ1n) is 5.80. The van der Waals surface area contributed by atoms with Crippen LogP contribution < -0.4 is 10.6 Å². The number of benzene rings is 1. The molecule has 1 heterocycles. The minimum atomic E-state index is -0.176. The zero-order chi connectivity index (χ0) is 13.8. The van der Waals surface area contributed by atoms with E-state index in [9.17, 15) is 4.79 Å². The third kappa shape index (κ3) is 2.62. The molecule has 2 rings (SSSR count). The van der Waals surface area contributed by atoms with Crippen LogP contribution in [0.25, 0.3) is 0 Å². The maximum atomic E-state index is 12.0. The molecule has 1 aromatic rings. The number of hydrogen-bond donors (Lipinski definition) is 2. The maximum absolute atomic E-state index is 12.0. The molecule has 5 nitrogen and oxygen atoms in total. The molecule has 0 aromatic heterocycles. The lowest BCUT2D eigenvalue weighted by molar-refractivity contribution is -0.112. The number of nitriles is 2. The third-order valence-electron chi connectivity index (χ3n) is 3.07. The molecule has 0 saturated carbocycles. The minimum absolute atomic E-state index is 0.176. The molecule has 1 aliphatic rings. The number of nitrogens with zero attached hydrogens (tertiary/aromatic N) is 2. The molecule has 0 aliphatic carbocycles. The van der Waals surface area contributed by atoms with Crippen LogP contribution in [0, 0.1) is 22.7 Å². The number of nitrogens with one attached hydrogen (secondary N) is 2. The summed E-state index contributed by atoms with van der Waals surface area (Å²) in [5.74, 6) is -0.176. The van der Waals surface area contributed by atoms with Crippen LogP contribution in [0.15, 0.2) is 29.3 Å². The van der Waals surface area contributed by atoms with Gasteiger partial charge in [-0.2, -0.15) is 10.5 Å². The summed E-state index contributed by atoms with van der Waals surface area (Å²) in [5, 5.41) is 23.6. The van der Waals surface area contributed by atoms with E-state index < -0.39 is 0 Å². The van der Waals surface area contributed by atoms with Crippen LogP contribution in [0.3, 0.4) is 0 Å². The summed E-state index contributed by atoms with van der Waals surface area (Å²) in [5.41, 5.74) is 2.87. The summed E-state index contributed by atoms with van der Waals surface area (Å²) in [4.78, 5) is 12.0. The van der Waals surface area contributed by atoms with Gasteiger partial charge in [0.2, 0.25) is 0 Å². The lowest BCUT2D eigenvalue weighted by Crippen LogP contribution is -2.36. The average Bonchev–Trinajstić information content (AvgIpc) is 2.36. The molecular weight excluding hydrogens is 240 g/mol. The highest BCUT2D eigenvalue weighted by Crippen LogP contribution is 2.17. The number of hydrogen-bond acceptors (Lipinski definition) is 4. The van der Waals surface area contributed by atoms with Crippen LogP contribution in [0.4, 0.5) is 5.69 Å². The number of carbonyl (C=O) groups excluding carboxylic acids is 1. The standard InChI is InChI=1S/C14H12N4O/c1-9(12-7-17-8-12)14(19)18-13-3-2-10(5-15)11(4-13)6-16/h2-4,17H,7-8H2,1H3,(H,18,19). The van der Waals surface area contributed by atoms with Crippen molar-refractivity contribution in [2.75, 3.05) is 18.4 Å². The predicted molar refractivity (Wildman–Crippen MR) is 70.1 cm³/mol. The van der Waals surface area contributed by atoms with Crippen molar-refractivity contribution in [2.24, 2.45) is 0 Å². The summed E-state index contributed by atoms with van der Waals surface area (Å²) in [6.45, 7) is 3.27. The Morgan fingerprint density at radius 2 is 1.95 bits per heavy atom. The highest BCUT2D eigenvalue weighted by atomic mass is 16.1. The Hall–Kier alpha value is -2.63. The van der Waals surface area contributed by atoms with Crippen LogP contribution in [-0.4, -0.2) is 19.0 Å². The number of rotatable bonds is 2. The highest BCUT2D eigenvalue weighted by molar-refractivity contribution is 6.04. The monoisotopic (exact) mass is 252 g/mol. The molecule has 19 heavy (non-hydrogen) atoms. The van der Waals surface area contributed by atoms with Crippen LogP contribution in [0.1, 0.15) is 18.1 Å². The van der Waals surface area contributed by atoms with E-state index in [0.29, 0.717) is 16.8 Å². The van der Waals surface area contributed by atoms with Crippen molar-refractivity contribution in [1.29, 1.82) is 10.5 Å². The van der Waals surface area contributed by atoms with Gasteiger partial charge in [-0.15, -0.1) is 0 Å². The molecule has 1 aliphatic heterocycles. The van der Waals surface area contributed by atoms with Crippen molar-refractivity contribution in [3.63, 3.8) is 0 Å². The molecule has 1 fully saturated rings.